The molecule has 0 N–H and O–H groups in total. The molecule has 0 aliphatic carbocycles. The zero-order valence-corrected chi connectivity index (χ0v) is 13.3. The first-order valence-electron chi connectivity index (χ1n) is 4.90. The number of hydrogen-bond acceptors (Lipinski definition) is 0. The van der Waals surface area contributed by atoms with E-state index in [2.05, 4.69) is 5.32 Å². The van der Waals surface area contributed by atoms with E-state index in [0.717, 1.165) is 0 Å². The van der Waals surface area contributed by atoms with E-state index in [4.69, 9.17) is 0 Å². The quantitative estimate of drug-likeness (QED) is 0.695. The van der Waals surface area contributed by atoms with E-state index in [1.165, 1.54) is 0 Å². The van der Waals surface area contributed by atoms with Crippen LogP contribution in [0.4, 0.5) is 8.78 Å². The Kier molecular flexibility index (Phi) is 6.03. The van der Waals surface area contributed by atoms with Crippen molar-refractivity contribution in [3.8, 4) is 0 Å². The SMILES string of the molecule is CC(C)C1(C)C[N-]CCC1C(F)F.[Cd]. The van der Waals surface area contributed by atoms with Crippen LogP contribution in [0.5, 0.6) is 0 Å². The van der Waals surface area contributed by atoms with Crippen LogP contribution in [0.1, 0.15) is 27.2 Å². The maximum atomic E-state index is 12.7. The van der Waals surface area contributed by atoms with Crippen LogP contribution in [-0.2, 0) is 27.3 Å². The van der Waals surface area contributed by atoms with Crippen molar-refractivity contribution in [2.24, 2.45) is 17.3 Å². The minimum absolute atomic E-state index is 0. The van der Waals surface area contributed by atoms with Crippen molar-refractivity contribution in [2.75, 3.05) is 13.1 Å². The molecule has 2 atom stereocenters. The van der Waals surface area contributed by atoms with Crippen molar-refractivity contribution in [3.05, 3.63) is 5.32 Å². The van der Waals surface area contributed by atoms with Gasteiger partial charge in [-0.25, -0.2) is 8.78 Å². The molecule has 0 aromatic rings. The summed E-state index contributed by atoms with van der Waals surface area (Å²) in [6.45, 7) is 7.17. The molecule has 1 fully saturated rings. The fraction of sp³-hybridized carbons (Fsp3) is 1.00. The molecule has 14 heavy (non-hydrogen) atoms. The molecule has 80 valence electrons. The van der Waals surface area contributed by atoms with E-state index in [-0.39, 0.29) is 38.6 Å². The molecule has 0 aromatic heterocycles. The third-order valence-electron chi connectivity index (χ3n) is 3.52. The zero-order valence-electron chi connectivity index (χ0n) is 9.26. The van der Waals surface area contributed by atoms with Crippen LogP contribution in [0.2, 0.25) is 0 Å². The monoisotopic (exact) mass is 304 g/mol. The van der Waals surface area contributed by atoms with E-state index >= 15 is 0 Å². The first-order chi connectivity index (χ1) is 5.98. The Morgan fingerprint density at radius 1 is 1.36 bits per heavy atom. The fourth-order valence-electron chi connectivity index (χ4n) is 2.02. The summed E-state index contributed by atoms with van der Waals surface area (Å²) in [7, 11) is 0. The van der Waals surface area contributed by atoms with Crippen LogP contribution in [0, 0.1) is 17.3 Å². The maximum Gasteiger partial charge on any atom is 0.241 e. The van der Waals surface area contributed by atoms with E-state index in [1.807, 2.05) is 20.8 Å². The van der Waals surface area contributed by atoms with Crippen molar-refractivity contribution in [1.82, 2.24) is 0 Å². The predicted molar refractivity (Wildman–Crippen MR) is 50.1 cm³/mol. The second-order valence-corrected chi connectivity index (χ2v) is 4.50. The van der Waals surface area contributed by atoms with Crippen molar-refractivity contribution < 1.29 is 36.1 Å². The molecule has 4 heteroatoms. The number of piperidine rings is 1. The second kappa shape index (κ2) is 5.72. The fourth-order valence-corrected chi connectivity index (χ4v) is 2.02. The first kappa shape index (κ1) is 14.7. The summed E-state index contributed by atoms with van der Waals surface area (Å²) in [6, 6.07) is 0. The molecule has 1 heterocycles. The van der Waals surface area contributed by atoms with Crippen LogP contribution in [0.15, 0.2) is 0 Å². The van der Waals surface area contributed by atoms with Gasteiger partial charge in [0.05, 0.1) is 0 Å². The molecule has 0 radical (unpaired) electrons. The molecule has 0 aromatic carbocycles. The molecule has 0 amide bonds. The van der Waals surface area contributed by atoms with Crippen LogP contribution in [0.3, 0.4) is 0 Å². The standard InChI is InChI=1S/C10H18F2N.Cd/c1-7(2)10(3)6-13-5-4-8(10)9(11)12;/h7-9H,4-6H2,1-3H3;/q-1;. The van der Waals surface area contributed by atoms with Crippen LogP contribution in [0.25, 0.3) is 5.32 Å². The molecule has 1 rings (SSSR count). The van der Waals surface area contributed by atoms with Gasteiger partial charge >= 0.3 is 0 Å². The summed E-state index contributed by atoms with van der Waals surface area (Å²) in [4.78, 5) is 0. The van der Waals surface area contributed by atoms with Crippen molar-refractivity contribution in [1.29, 1.82) is 0 Å². The molecule has 1 nitrogen and oxygen atoms in total. The Labute approximate surface area is 105 Å². The summed E-state index contributed by atoms with van der Waals surface area (Å²) < 4.78 is 25.5. The minimum atomic E-state index is -2.19. The van der Waals surface area contributed by atoms with Crippen LogP contribution >= 0.6 is 0 Å². The van der Waals surface area contributed by atoms with Crippen molar-refractivity contribution in [3.63, 3.8) is 0 Å². The summed E-state index contributed by atoms with van der Waals surface area (Å²) >= 11 is 0. The zero-order chi connectivity index (χ0) is 10.1. The number of nitrogens with zero attached hydrogens (tertiary/aromatic N) is 1. The van der Waals surface area contributed by atoms with Gasteiger partial charge in [-0.3, -0.25) is 0 Å². The number of rotatable bonds is 2. The topological polar surface area (TPSA) is 14.1 Å². The number of halogens is 2. The van der Waals surface area contributed by atoms with Gasteiger partial charge in [0, 0.05) is 33.2 Å². The van der Waals surface area contributed by atoms with Gasteiger partial charge in [0.1, 0.15) is 0 Å². The molecule has 0 saturated carbocycles. The van der Waals surface area contributed by atoms with Crippen molar-refractivity contribution >= 4 is 0 Å². The summed E-state index contributed by atoms with van der Waals surface area (Å²) in [6.07, 6.45) is -1.64. The molecule has 1 aliphatic rings. The average Bonchev–Trinajstić information content (AvgIpc) is 2.04. The minimum Gasteiger partial charge on any atom is -0.662 e. The van der Waals surface area contributed by atoms with Gasteiger partial charge in [0.15, 0.2) is 0 Å². The van der Waals surface area contributed by atoms with E-state index < -0.39 is 12.3 Å². The second-order valence-electron chi connectivity index (χ2n) is 4.50. The smallest absolute Gasteiger partial charge is 0.241 e. The third kappa shape index (κ3) is 2.87. The largest absolute Gasteiger partial charge is 0.662 e. The molecular weight excluding hydrogens is 285 g/mol. The molecule has 0 bridgehead atoms. The molecule has 2 unspecified atom stereocenters. The summed E-state index contributed by atoms with van der Waals surface area (Å²) in [5.74, 6) is -0.194. The normalized spacial score (nSPS) is 33.2. The van der Waals surface area contributed by atoms with Gasteiger partial charge in [0.2, 0.25) is 6.43 Å². The Balaban J connectivity index is 0.00000169. The van der Waals surface area contributed by atoms with Crippen molar-refractivity contribution in [2.45, 2.75) is 33.6 Å². The molecule has 0 spiro atoms. The summed E-state index contributed by atoms with van der Waals surface area (Å²) in [5.41, 5.74) is -0.299. The first-order valence-corrected chi connectivity index (χ1v) is 4.90. The van der Waals surface area contributed by atoms with E-state index in [0.29, 0.717) is 19.5 Å². The van der Waals surface area contributed by atoms with Crippen LogP contribution < -0.4 is 0 Å². The van der Waals surface area contributed by atoms with E-state index in [1.54, 1.807) is 0 Å². The Bertz CT molecular complexity index is 176. The van der Waals surface area contributed by atoms with Gasteiger partial charge < -0.3 is 5.32 Å². The van der Waals surface area contributed by atoms with Crippen LogP contribution in [-0.4, -0.2) is 19.5 Å². The van der Waals surface area contributed by atoms with E-state index in [9.17, 15) is 8.78 Å². The van der Waals surface area contributed by atoms with Gasteiger partial charge in [0.25, 0.3) is 0 Å². The Morgan fingerprint density at radius 3 is 2.29 bits per heavy atom. The average molecular weight is 303 g/mol. The number of hydrogen-bond donors (Lipinski definition) is 0. The third-order valence-corrected chi connectivity index (χ3v) is 3.52. The molecule has 1 aliphatic heterocycles. The summed E-state index contributed by atoms with van der Waals surface area (Å²) in [5, 5.41) is 4.25. The van der Waals surface area contributed by atoms with Gasteiger partial charge in [-0.2, -0.15) is 0 Å². The van der Waals surface area contributed by atoms with Gasteiger partial charge in [-0.15, -0.1) is 13.1 Å². The maximum absolute atomic E-state index is 12.7. The molecular formula is C10H18CdF2N-. The van der Waals surface area contributed by atoms with Gasteiger partial charge in [-0.05, 0) is 11.3 Å². The van der Waals surface area contributed by atoms with Gasteiger partial charge in [-0.1, -0.05) is 27.2 Å². The Morgan fingerprint density at radius 2 is 1.93 bits per heavy atom. The molecule has 1 saturated heterocycles. The number of alkyl halides is 2. The Hall–Kier alpha value is 0.742. The predicted octanol–water partition coefficient (Wildman–Crippen LogP) is 3.30.